The molecule has 8 heteroatoms. The Labute approximate surface area is 167 Å². The van der Waals surface area contributed by atoms with E-state index in [4.69, 9.17) is 5.26 Å². The molecule has 0 fully saturated rings. The van der Waals surface area contributed by atoms with E-state index in [0.29, 0.717) is 17.1 Å². The first-order chi connectivity index (χ1) is 11.9. The van der Waals surface area contributed by atoms with Gasteiger partial charge in [0.15, 0.2) is 17.6 Å². The van der Waals surface area contributed by atoms with Gasteiger partial charge in [0.2, 0.25) is 0 Å². The molecule has 1 unspecified atom stereocenters. The lowest BCUT2D eigenvalue weighted by molar-refractivity contribution is 0.504. The molecule has 4 nitrogen and oxygen atoms in total. The Morgan fingerprint density at radius 3 is 2.42 bits per heavy atom. The van der Waals surface area contributed by atoms with Gasteiger partial charge in [0.1, 0.15) is 5.82 Å². The molecule has 0 heterocycles. The van der Waals surface area contributed by atoms with E-state index in [0.717, 1.165) is 18.2 Å². The predicted octanol–water partition coefficient (Wildman–Crippen LogP) is 4.02. The maximum absolute atomic E-state index is 13.9. The Balaban J connectivity index is 0.00000338. The fourth-order valence-electron chi connectivity index (χ4n) is 2.20. The van der Waals surface area contributed by atoms with Gasteiger partial charge >= 0.3 is 0 Å². The normalized spacial score (nSPS) is 11.9. The molecule has 138 valence electrons. The molecule has 0 saturated heterocycles. The lowest BCUT2D eigenvalue weighted by Gasteiger charge is -2.18. The molecule has 0 aliphatic carbocycles. The summed E-state index contributed by atoms with van der Waals surface area (Å²) in [7, 11) is 1.54. The van der Waals surface area contributed by atoms with Gasteiger partial charge < -0.3 is 10.6 Å². The van der Waals surface area contributed by atoms with Crippen molar-refractivity contribution < 1.29 is 13.2 Å². The molecule has 0 spiro atoms. The minimum absolute atomic E-state index is 0. The van der Waals surface area contributed by atoms with Gasteiger partial charge in [0.05, 0.1) is 17.7 Å². The van der Waals surface area contributed by atoms with E-state index >= 15 is 0 Å². The lowest BCUT2D eigenvalue weighted by atomic mass is 10.1. The zero-order valence-corrected chi connectivity index (χ0v) is 16.5. The average Bonchev–Trinajstić information content (AvgIpc) is 2.61. The quantitative estimate of drug-likeness (QED) is 0.400. The summed E-state index contributed by atoms with van der Waals surface area (Å²) < 4.78 is 40.2. The SMILES string of the molecule is CN=C(NCc1ccc(C#N)cc1F)NC(C)c1ccc(F)c(F)c1.I. The van der Waals surface area contributed by atoms with Crippen LogP contribution in [0.15, 0.2) is 41.4 Å². The molecule has 0 bridgehead atoms. The maximum atomic E-state index is 13.9. The standard InChI is InChI=1S/C18H17F3N4.HI/c1-11(13-5-6-15(19)17(21)8-13)25-18(23-2)24-10-14-4-3-12(9-22)7-16(14)20;/h3-8,11H,10H2,1-2H3,(H2,23,24,25);1H. The Hall–Kier alpha value is -2.28. The molecule has 0 aromatic heterocycles. The Morgan fingerprint density at radius 2 is 1.85 bits per heavy atom. The number of guanidine groups is 1. The average molecular weight is 474 g/mol. The van der Waals surface area contributed by atoms with Crippen molar-refractivity contribution in [2.24, 2.45) is 4.99 Å². The minimum atomic E-state index is -0.922. The number of nitrogens with zero attached hydrogens (tertiary/aromatic N) is 2. The van der Waals surface area contributed by atoms with Gasteiger partial charge in [-0.15, -0.1) is 24.0 Å². The molecule has 2 aromatic carbocycles. The summed E-state index contributed by atoms with van der Waals surface area (Å²) in [4.78, 5) is 4.02. The van der Waals surface area contributed by atoms with Crippen LogP contribution in [0.1, 0.15) is 29.7 Å². The third-order valence-electron chi connectivity index (χ3n) is 3.65. The summed E-state index contributed by atoms with van der Waals surface area (Å²) >= 11 is 0. The second-order valence-electron chi connectivity index (χ2n) is 5.38. The highest BCUT2D eigenvalue weighted by Crippen LogP contribution is 2.16. The summed E-state index contributed by atoms with van der Waals surface area (Å²) in [6.45, 7) is 1.92. The summed E-state index contributed by atoms with van der Waals surface area (Å²) in [5.74, 6) is -1.94. The molecule has 1 atom stereocenters. The van der Waals surface area contributed by atoms with Crippen molar-refractivity contribution in [1.82, 2.24) is 10.6 Å². The number of rotatable bonds is 4. The second kappa shape index (κ2) is 10.0. The van der Waals surface area contributed by atoms with Gasteiger partial charge in [-0.25, -0.2) is 13.2 Å². The topological polar surface area (TPSA) is 60.2 Å². The molecular weight excluding hydrogens is 456 g/mol. The zero-order valence-electron chi connectivity index (χ0n) is 14.2. The van der Waals surface area contributed by atoms with Crippen LogP contribution in [-0.2, 0) is 6.54 Å². The molecule has 0 aliphatic heterocycles. The van der Waals surface area contributed by atoms with Crippen LogP contribution in [0.2, 0.25) is 0 Å². The van der Waals surface area contributed by atoms with Crippen LogP contribution in [0.4, 0.5) is 13.2 Å². The largest absolute Gasteiger partial charge is 0.352 e. The van der Waals surface area contributed by atoms with Gasteiger partial charge in [0.25, 0.3) is 0 Å². The number of hydrogen-bond acceptors (Lipinski definition) is 2. The van der Waals surface area contributed by atoms with Gasteiger partial charge in [-0.1, -0.05) is 12.1 Å². The Morgan fingerprint density at radius 1 is 1.12 bits per heavy atom. The monoisotopic (exact) mass is 474 g/mol. The second-order valence-corrected chi connectivity index (χ2v) is 5.38. The first kappa shape index (κ1) is 21.8. The fourth-order valence-corrected chi connectivity index (χ4v) is 2.20. The van der Waals surface area contributed by atoms with Gasteiger partial charge in [-0.3, -0.25) is 4.99 Å². The van der Waals surface area contributed by atoms with E-state index in [-0.39, 0.29) is 42.1 Å². The fraction of sp³-hybridized carbons (Fsp3) is 0.222. The highest BCUT2D eigenvalue weighted by Gasteiger charge is 2.11. The van der Waals surface area contributed by atoms with Crippen LogP contribution in [0, 0.1) is 28.8 Å². The highest BCUT2D eigenvalue weighted by atomic mass is 127. The first-order valence-corrected chi connectivity index (χ1v) is 7.55. The summed E-state index contributed by atoms with van der Waals surface area (Å²) in [6, 6.07) is 9.39. The number of aliphatic imine (C=N–C) groups is 1. The van der Waals surface area contributed by atoms with E-state index in [2.05, 4.69) is 15.6 Å². The molecule has 0 amide bonds. The van der Waals surface area contributed by atoms with Crippen molar-refractivity contribution in [3.8, 4) is 6.07 Å². The number of halogens is 4. The van der Waals surface area contributed by atoms with E-state index in [1.54, 1.807) is 14.0 Å². The van der Waals surface area contributed by atoms with Crippen molar-refractivity contribution in [1.29, 1.82) is 5.26 Å². The van der Waals surface area contributed by atoms with E-state index in [1.807, 2.05) is 6.07 Å². The Bertz CT molecular complexity index is 834. The molecule has 0 saturated carbocycles. The number of nitrogens with one attached hydrogen (secondary N) is 2. The van der Waals surface area contributed by atoms with Crippen molar-refractivity contribution >= 4 is 29.9 Å². The van der Waals surface area contributed by atoms with Gasteiger partial charge in [-0.05, 0) is 36.8 Å². The third-order valence-corrected chi connectivity index (χ3v) is 3.65. The third kappa shape index (κ3) is 5.62. The van der Waals surface area contributed by atoms with E-state index in [9.17, 15) is 13.2 Å². The van der Waals surface area contributed by atoms with Crippen LogP contribution in [0.25, 0.3) is 0 Å². The van der Waals surface area contributed by atoms with Crippen molar-refractivity contribution in [2.45, 2.75) is 19.5 Å². The van der Waals surface area contributed by atoms with Crippen LogP contribution in [0.5, 0.6) is 0 Å². The zero-order chi connectivity index (χ0) is 18.4. The lowest BCUT2D eigenvalue weighted by Crippen LogP contribution is -2.38. The van der Waals surface area contributed by atoms with E-state index in [1.165, 1.54) is 18.2 Å². The highest BCUT2D eigenvalue weighted by molar-refractivity contribution is 14.0. The predicted molar refractivity (Wildman–Crippen MR) is 105 cm³/mol. The van der Waals surface area contributed by atoms with Crippen LogP contribution in [-0.4, -0.2) is 13.0 Å². The van der Waals surface area contributed by atoms with E-state index < -0.39 is 17.5 Å². The number of benzene rings is 2. The minimum Gasteiger partial charge on any atom is -0.352 e. The number of nitriles is 1. The molecule has 2 N–H and O–H groups in total. The smallest absolute Gasteiger partial charge is 0.191 e. The Kier molecular flexibility index (Phi) is 8.38. The first-order valence-electron chi connectivity index (χ1n) is 7.55. The molecule has 2 aromatic rings. The van der Waals surface area contributed by atoms with Gasteiger partial charge in [-0.2, -0.15) is 5.26 Å². The summed E-state index contributed by atoms with van der Waals surface area (Å²) in [5.41, 5.74) is 1.17. The van der Waals surface area contributed by atoms with Crippen molar-refractivity contribution in [3.63, 3.8) is 0 Å². The number of hydrogen-bond donors (Lipinski definition) is 2. The van der Waals surface area contributed by atoms with Crippen molar-refractivity contribution in [3.05, 3.63) is 70.5 Å². The van der Waals surface area contributed by atoms with Crippen LogP contribution < -0.4 is 10.6 Å². The summed E-state index contributed by atoms with van der Waals surface area (Å²) in [5, 5.41) is 14.7. The molecule has 0 aliphatic rings. The summed E-state index contributed by atoms with van der Waals surface area (Å²) in [6.07, 6.45) is 0. The van der Waals surface area contributed by atoms with Gasteiger partial charge in [0, 0.05) is 19.2 Å². The maximum Gasteiger partial charge on any atom is 0.191 e. The molecule has 2 rings (SSSR count). The van der Waals surface area contributed by atoms with Crippen LogP contribution in [0.3, 0.4) is 0 Å². The van der Waals surface area contributed by atoms with Crippen LogP contribution >= 0.6 is 24.0 Å². The molecule has 0 radical (unpaired) electrons. The van der Waals surface area contributed by atoms with Crippen molar-refractivity contribution in [2.75, 3.05) is 7.05 Å². The molecule has 26 heavy (non-hydrogen) atoms. The molecular formula is C18H18F3IN4.